The van der Waals surface area contributed by atoms with Crippen LogP contribution in [-0.4, -0.2) is 25.0 Å². The Labute approximate surface area is 113 Å². The fourth-order valence-electron chi connectivity index (χ4n) is 2.14. The number of benzene rings is 1. The first-order valence-electron chi connectivity index (χ1n) is 6.27. The minimum absolute atomic E-state index is 0.333. The quantitative estimate of drug-likeness (QED) is 0.865. The molecule has 96 valence electrons. The second-order valence-electron chi connectivity index (χ2n) is 4.52. The van der Waals surface area contributed by atoms with Crippen LogP contribution in [0.1, 0.15) is 17.2 Å². The third-order valence-corrected chi connectivity index (χ3v) is 3.98. The van der Waals surface area contributed by atoms with Crippen LogP contribution in [0.4, 0.5) is 0 Å². The van der Waals surface area contributed by atoms with E-state index in [2.05, 4.69) is 59.1 Å². The van der Waals surface area contributed by atoms with Crippen LogP contribution >= 0.6 is 11.3 Å². The van der Waals surface area contributed by atoms with E-state index in [4.69, 9.17) is 5.73 Å². The molecule has 2 aromatic rings. The van der Waals surface area contributed by atoms with Crippen LogP contribution in [0.3, 0.4) is 0 Å². The summed E-state index contributed by atoms with van der Waals surface area (Å²) < 4.78 is 0. The Morgan fingerprint density at radius 2 is 2.00 bits per heavy atom. The molecular weight excluding hydrogens is 240 g/mol. The number of thiophene rings is 1. The highest BCUT2D eigenvalue weighted by Gasteiger charge is 2.15. The van der Waals surface area contributed by atoms with Gasteiger partial charge >= 0.3 is 0 Å². The number of likely N-dealkylation sites (N-methyl/N-ethyl adjacent to an activating group) is 1. The summed E-state index contributed by atoms with van der Waals surface area (Å²) in [6.07, 6.45) is 1.07. The predicted molar refractivity (Wildman–Crippen MR) is 78.9 cm³/mol. The molecule has 0 fully saturated rings. The average molecular weight is 260 g/mol. The third kappa shape index (κ3) is 3.42. The second kappa shape index (κ2) is 6.69. The first-order valence-corrected chi connectivity index (χ1v) is 7.22. The molecule has 0 bridgehead atoms. The van der Waals surface area contributed by atoms with E-state index in [1.807, 2.05) is 0 Å². The van der Waals surface area contributed by atoms with Crippen LogP contribution in [0.25, 0.3) is 0 Å². The molecule has 0 aliphatic heterocycles. The Morgan fingerprint density at radius 1 is 1.22 bits per heavy atom. The molecule has 2 rings (SSSR count). The molecule has 0 aliphatic carbocycles. The lowest BCUT2D eigenvalue weighted by Gasteiger charge is -2.26. The molecule has 1 atom stereocenters. The summed E-state index contributed by atoms with van der Waals surface area (Å²) in [7, 11) is 2.15. The van der Waals surface area contributed by atoms with Gasteiger partial charge in [0, 0.05) is 19.1 Å². The van der Waals surface area contributed by atoms with Gasteiger partial charge < -0.3 is 5.73 Å². The average Bonchev–Trinajstić information content (AvgIpc) is 2.92. The van der Waals surface area contributed by atoms with Crippen LogP contribution in [0, 0.1) is 0 Å². The topological polar surface area (TPSA) is 29.3 Å². The molecule has 0 saturated carbocycles. The van der Waals surface area contributed by atoms with Crippen LogP contribution < -0.4 is 5.73 Å². The molecule has 2 N–H and O–H groups in total. The van der Waals surface area contributed by atoms with E-state index in [0.29, 0.717) is 12.6 Å². The lowest BCUT2D eigenvalue weighted by molar-refractivity contribution is 0.254. The van der Waals surface area contributed by atoms with Gasteiger partial charge in [-0.1, -0.05) is 30.3 Å². The monoisotopic (exact) mass is 260 g/mol. The number of nitrogens with two attached hydrogens (primary N) is 1. The Balaban J connectivity index is 1.92. The van der Waals surface area contributed by atoms with Crippen molar-refractivity contribution in [3.63, 3.8) is 0 Å². The Hall–Kier alpha value is -1.16. The zero-order valence-electron chi connectivity index (χ0n) is 10.8. The predicted octanol–water partition coefficient (Wildman–Crippen LogP) is 2.92. The van der Waals surface area contributed by atoms with Crippen molar-refractivity contribution in [2.24, 2.45) is 5.73 Å². The van der Waals surface area contributed by atoms with Crippen molar-refractivity contribution in [2.45, 2.75) is 12.5 Å². The fraction of sp³-hybridized carbons (Fsp3) is 0.333. The maximum atomic E-state index is 5.90. The maximum Gasteiger partial charge on any atom is 0.0475 e. The van der Waals surface area contributed by atoms with E-state index >= 15 is 0 Å². The normalized spacial score (nSPS) is 12.8. The highest BCUT2D eigenvalue weighted by molar-refractivity contribution is 7.07. The van der Waals surface area contributed by atoms with Crippen molar-refractivity contribution >= 4 is 11.3 Å². The van der Waals surface area contributed by atoms with E-state index < -0.39 is 0 Å². The Bertz CT molecular complexity index is 439. The van der Waals surface area contributed by atoms with Gasteiger partial charge in [0.15, 0.2) is 0 Å². The highest BCUT2D eigenvalue weighted by atomic mass is 32.1. The van der Waals surface area contributed by atoms with Gasteiger partial charge in [-0.05, 0) is 41.4 Å². The molecule has 2 nitrogen and oxygen atoms in total. The third-order valence-electron chi connectivity index (χ3n) is 3.28. The standard InChI is InChI=1S/C15H20N2S/c1-17(9-7-13-5-3-2-4-6-13)15(11-16)14-8-10-18-12-14/h2-6,8,10,12,15H,7,9,11,16H2,1H3. The van der Waals surface area contributed by atoms with Gasteiger partial charge in [0.2, 0.25) is 0 Å². The summed E-state index contributed by atoms with van der Waals surface area (Å²) in [6.45, 7) is 1.70. The molecule has 0 amide bonds. The van der Waals surface area contributed by atoms with Gasteiger partial charge in [-0.25, -0.2) is 0 Å². The Morgan fingerprint density at radius 3 is 2.61 bits per heavy atom. The first kappa shape index (κ1) is 13.3. The Kier molecular flexibility index (Phi) is 4.93. The van der Waals surface area contributed by atoms with Gasteiger partial charge in [-0.2, -0.15) is 11.3 Å². The summed E-state index contributed by atoms with van der Waals surface area (Å²) in [5.74, 6) is 0. The first-order chi connectivity index (χ1) is 8.81. The molecule has 18 heavy (non-hydrogen) atoms. The van der Waals surface area contributed by atoms with Crippen LogP contribution in [-0.2, 0) is 6.42 Å². The lowest BCUT2D eigenvalue weighted by atomic mass is 10.1. The van der Waals surface area contributed by atoms with E-state index in [9.17, 15) is 0 Å². The molecule has 1 heterocycles. The van der Waals surface area contributed by atoms with Gasteiger partial charge in [0.25, 0.3) is 0 Å². The largest absolute Gasteiger partial charge is 0.329 e. The maximum absolute atomic E-state index is 5.90. The van der Waals surface area contributed by atoms with Crippen LogP contribution in [0.5, 0.6) is 0 Å². The fourth-order valence-corrected chi connectivity index (χ4v) is 2.85. The summed E-state index contributed by atoms with van der Waals surface area (Å²) in [6, 6.07) is 13.1. The minimum atomic E-state index is 0.333. The summed E-state index contributed by atoms with van der Waals surface area (Å²) in [5, 5.41) is 4.31. The van der Waals surface area contributed by atoms with Crippen LogP contribution in [0.15, 0.2) is 47.2 Å². The van der Waals surface area contributed by atoms with Crippen molar-refractivity contribution in [1.29, 1.82) is 0 Å². The lowest BCUT2D eigenvalue weighted by Crippen LogP contribution is -2.31. The van der Waals surface area contributed by atoms with Crippen molar-refractivity contribution < 1.29 is 0 Å². The van der Waals surface area contributed by atoms with Crippen molar-refractivity contribution in [1.82, 2.24) is 4.90 Å². The van der Waals surface area contributed by atoms with Gasteiger partial charge in [0.05, 0.1) is 0 Å². The highest BCUT2D eigenvalue weighted by Crippen LogP contribution is 2.20. The zero-order valence-corrected chi connectivity index (χ0v) is 11.6. The molecule has 0 radical (unpaired) electrons. The molecule has 1 unspecified atom stereocenters. The van der Waals surface area contributed by atoms with Gasteiger partial charge in [0.1, 0.15) is 0 Å². The number of rotatable bonds is 6. The summed E-state index contributed by atoms with van der Waals surface area (Å²) >= 11 is 1.73. The van der Waals surface area contributed by atoms with E-state index in [1.165, 1.54) is 11.1 Å². The van der Waals surface area contributed by atoms with Crippen molar-refractivity contribution in [3.05, 3.63) is 58.3 Å². The molecule has 0 aliphatic rings. The molecule has 3 heteroatoms. The molecule has 0 saturated heterocycles. The van der Waals surface area contributed by atoms with E-state index in [-0.39, 0.29) is 0 Å². The van der Waals surface area contributed by atoms with Gasteiger partial charge in [-0.15, -0.1) is 0 Å². The zero-order chi connectivity index (χ0) is 12.8. The smallest absolute Gasteiger partial charge is 0.0475 e. The number of hydrogen-bond donors (Lipinski definition) is 1. The number of hydrogen-bond acceptors (Lipinski definition) is 3. The van der Waals surface area contributed by atoms with Crippen LogP contribution in [0.2, 0.25) is 0 Å². The van der Waals surface area contributed by atoms with Gasteiger partial charge in [-0.3, -0.25) is 4.90 Å². The minimum Gasteiger partial charge on any atom is -0.329 e. The summed E-state index contributed by atoms with van der Waals surface area (Å²) in [4.78, 5) is 2.34. The number of nitrogens with zero attached hydrogens (tertiary/aromatic N) is 1. The SMILES string of the molecule is CN(CCc1ccccc1)C(CN)c1ccsc1. The molecule has 1 aromatic heterocycles. The second-order valence-corrected chi connectivity index (χ2v) is 5.30. The van der Waals surface area contributed by atoms with E-state index in [0.717, 1.165) is 13.0 Å². The van der Waals surface area contributed by atoms with Crippen molar-refractivity contribution in [2.75, 3.05) is 20.1 Å². The van der Waals surface area contributed by atoms with Crippen molar-refractivity contribution in [3.8, 4) is 0 Å². The molecule has 1 aromatic carbocycles. The molecule has 0 spiro atoms. The van der Waals surface area contributed by atoms with E-state index in [1.54, 1.807) is 11.3 Å². The summed E-state index contributed by atoms with van der Waals surface area (Å²) in [5.41, 5.74) is 8.61. The molecular formula is C15H20N2S.